The van der Waals surface area contributed by atoms with E-state index in [0.717, 1.165) is 31.2 Å². The van der Waals surface area contributed by atoms with E-state index < -0.39 is 6.04 Å². The molecule has 1 fully saturated rings. The van der Waals surface area contributed by atoms with Gasteiger partial charge in [0.05, 0.1) is 11.4 Å². The molecule has 7 nitrogen and oxygen atoms in total. The second kappa shape index (κ2) is 11.1. The number of para-hydroxylation sites is 1. The first-order valence-corrected chi connectivity index (χ1v) is 12.3. The monoisotopic (exact) mass is 476 g/mol. The van der Waals surface area contributed by atoms with Crippen LogP contribution in [0.3, 0.4) is 0 Å². The van der Waals surface area contributed by atoms with Crippen LogP contribution in [0.5, 0.6) is 0 Å². The number of thiophene rings is 1. The molecule has 0 saturated heterocycles. The number of nitrogens with one attached hydrogen (secondary N) is 2. The summed E-state index contributed by atoms with van der Waals surface area (Å²) in [5.74, 6) is -0.925. The molecule has 0 bridgehead atoms. The largest absolute Gasteiger partial charge is 0.351 e. The van der Waals surface area contributed by atoms with Crippen molar-refractivity contribution in [1.82, 2.24) is 15.6 Å². The Morgan fingerprint density at radius 1 is 1.06 bits per heavy atom. The van der Waals surface area contributed by atoms with Crippen LogP contribution in [0, 0.1) is 6.92 Å². The molecule has 0 unspecified atom stereocenters. The number of aromatic nitrogens is 1. The molecular weight excluding hydrogens is 448 g/mol. The fraction of sp³-hybridized carbons (Fsp3) is 0.308. The smallest absolute Gasteiger partial charge is 0.261 e. The van der Waals surface area contributed by atoms with E-state index in [9.17, 15) is 14.4 Å². The summed E-state index contributed by atoms with van der Waals surface area (Å²) in [6.07, 6.45) is 7.27. The van der Waals surface area contributed by atoms with Gasteiger partial charge in [0.2, 0.25) is 11.8 Å². The van der Waals surface area contributed by atoms with Gasteiger partial charge in [-0.2, -0.15) is 0 Å². The Labute approximate surface area is 203 Å². The SMILES string of the molecule is Cc1ccccc1N(C(=O)CNC(=O)c1cccs1)[C@@H](C(=O)NC1CCCC1)c1ccncc1. The molecule has 176 valence electrons. The molecule has 0 spiro atoms. The van der Waals surface area contributed by atoms with Gasteiger partial charge in [-0.3, -0.25) is 24.3 Å². The van der Waals surface area contributed by atoms with Gasteiger partial charge in [0.25, 0.3) is 5.91 Å². The van der Waals surface area contributed by atoms with Crippen molar-refractivity contribution in [2.24, 2.45) is 0 Å². The molecule has 3 amide bonds. The lowest BCUT2D eigenvalue weighted by Crippen LogP contribution is -2.49. The molecule has 0 radical (unpaired) electrons. The Balaban J connectivity index is 1.67. The van der Waals surface area contributed by atoms with E-state index in [-0.39, 0.29) is 30.3 Å². The molecule has 2 N–H and O–H groups in total. The number of benzene rings is 1. The number of carbonyl (C=O) groups excluding carboxylic acids is 3. The third kappa shape index (κ3) is 5.51. The van der Waals surface area contributed by atoms with E-state index in [4.69, 9.17) is 0 Å². The van der Waals surface area contributed by atoms with Gasteiger partial charge in [0.1, 0.15) is 6.04 Å². The molecule has 3 aromatic rings. The van der Waals surface area contributed by atoms with E-state index in [0.29, 0.717) is 16.1 Å². The summed E-state index contributed by atoms with van der Waals surface area (Å²) in [6.45, 7) is 1.67. The number of hydrogen-bond donors (Lipinski definition) is 2. The van der Waals surface area contributed by atoms with Crippen molar-refractivity contribution in [3.8, 4) is 0 Å². The molecule has 1 aromatic carbocycles. The van der Waals surface area contributed by atoms with E-state index in [1.165, 1.54) is 16.2 Å². The van der Waals surface area contributed by atoms with Crippen molar-refractivity contribution in [3.63, 3.8) is 0 Å². The van der Waals surface area contributed by atoms with Crippen LogP contribution in [-0.4, -0.2) is 35.3 Å². The molecular formula is C26H28N4O3S. The van der Waals surface area contributed by atoms with Crippen molar-refractivity contribution >= 4 is 34.7 Å². The number of pyridine rings is 1. The maximum Gasteiger partial charge on any atom is 0.261 e. The molecule has 8 heteroatoms. The van der Waals surface area contributed by atoms with Crippen LogP contribution in [0.25, 0.3) is 0 Å². The first-order valence-electron chi connectivity index (χ1n) is 11.4. The number of amides is 3. The van der Waals surface area contributed by atoms with Crippen molar-refractivity contribution in [3.05, 3.63) is 82.3 Å². The first kappa shape index (κ1) is 23.6. The summed E-state index contributed by atoms with van der Waals surface area (Å²) in [5.41, 5.74) is 2.14. The van der Waals surface area contributed by atoms with Crippen molar-refractivity contribution in [1.29, 1.82) is 0 Å². The molecule has 4 rings (SSSR count). The number of rotatable bonds is 8. The van der Waals surface area contributed by atoms with Crippen LogP contribution in [0.2, 0.25) is 0 Å². The number of aryl methyl sites for hydroxylation is 1. The van der Waals surface area contributed by atoms with Gasteiger partial charge in [0, 0.05) is 24.1 Å². The Bertz CT molecular complexity index is 1130. The third-order valence-electron chi connectivity index (χ3n) is 6.02. The van der Waals surface area contributed by atoms with Gasteiger partial charge in [0.15, 0.2) is 0 Å². The fourth-order valence-corrected chi connectivity index (χ4v) is 4.94. The van der Waals surface area contributed by atoms with E-state index in [2.05, 4.69) is 15.6 Å². The fourth-order valence-electron chi connectivity index (χ4n) is 4.30. The summed E-state index contributed by atoms with van der Waals surface area (Å²) in [7, 11) is 0. The highest BCUT2D eigenvalue weighted by molar-refractivity contribution is 7.12. The highest BCUT2D eigenvalue weighted by Gasteiger charge is 2.35. The van der Waals surface area contributed by atoms with Crippen molar-refractivity contribution < 1.29 is 14.4 Å². The topological polar surface area (TPSA) is 91.4 Å². The second-order valence-electron chi connectivity index (χ2n) is 8.38. The molecule has 1 aliphatic rings. The van der Waals surface area contributed by atoms with Gasteiger partial charge in [-0.1, -0.05) is 37.1 Å². The highest BCUT2D eigenvalue weighted by Crippen LogP contribution is 2.31. The van der Waals surface area contributed by atoms with Gasteiger partial charge < -0.3 is 10.6 Å². The second-order valence-corrected chi connectivity index (χ2v) is 9.33. The molecule has 0 aliphatic heterocycles. The quantitative estimate of drug-likeness (QED) is 0.514. The normalized spacial score (nSPS) is 14.4. The lowest BCUT2D eigenvalue weighted by molar-refractivity contribution is -0.126. The molecule has 34 heavy (non-hydrogen) atoms. The number of carbonyl (C=O) groups is 3. The maximum absolute atomic E-state index is 13.6. The average molecular weight is 477 g/mol. The van der Waals surface area contributed by atoms with Crippen molar-refractivity contribution in [2.75, 3.05) is 11.4 Å². The Hall–Kier alpha value is -3.52. The Morgan fingerprint density at radius 3 is 2.47 bits per heavy atom. The van der Waals surface area contributed by atoms with Gasteiger partial charge >= 0.3 is 0 Å². The third-order valence-corrected chi connectivity index (χ3v) is 6.89. The lowest BCUT2D eigenvalue weighted by Gasteiger charge is -2.33. The summed E-state index contributed by atoms with van der Waals surface area (Å²) in [6, 6.07) is 13.7. The molecule has 1 saturated carbocycles. The van der Waals surface area contributed by atoms with Gasteiger partial charge in [-0.05, 0) is 60.5 Å². The number of hydrogen-bond acceptors (Lipinski definition) is 5. The highest BCUT2D eigenvalue weighted by atomic mass is 32.1. The number of anilines is 1. The zero-order chi connectivity index (χ0) is 23.9. The van der Waals surface area contributed by atoms with Crippen LogP contribution in [0.1, 0.15) is 52.5 Å². The summed E-state index contributed by atoms with van der Waals surface area (Å²) in [4.78, 5) is 45.9. The van der Waals surface area contributed by atoms with Crippen LogP contribution in [-0.2, 0) is 9.59 Å². The van der Waals surface area contributed by atoms with Crippen molar-refractivity contribution in [2.45, 2.75) is 44.7 Å². The predicted octanol–water partition coefficient (Wildman–Crippen LogP) is 4.01. The zero-order valence-corrected chi connectivity index (χ0v) is 19.9. The van der Waals surface area contributed by atoms with E-state index in [1.807, 2.05) is 36.6 Å². The van der Waals surface area contributed by atoms with Crippen LogP contribution in [0.15, 0.2) is 66.3 Å². The molecule has 1 atom stereocenters. The first-order chi connectivity index (χ1) is 16.5. The summed E-state index contributed by atoms with van der Waals surface area (Å²) >= 11 is 1.31. The minimum Gasteiger partial charge on any atom is -0.351 e. The Morgan fingerprint density at radius 2 is 1.79 bits per heavy atom. The summed E-state index contributed by atoms with van der Waals surface area (Å²) < 4.78 is 0. The van der Waals surface area contributed by atoms with Gasteiger partial charge in [-0.25, -0.2) is 0 Å². The average Bonchev–Trinajstić information content (AvgIpc) is 3.56. The van der Waals surface area contributed by atoms with Crippen LogP contribution in [0.4, 0.5) is 5.69 Å². The predicted molar refractivity (Wildman–Crippen MR) is 133 cm³/mol. The number of nitrogens with zero attached hydrogens (tertiary/aromatic N) is 2. The standard InChI is InChI=1S/C26H28N4O3S/c1-18-7-2-5-10-21(18)30(23(31)17-28-25(32)22-11-6-16-34-22)24(19-12-14-27-15-13-19)26(33)29-20-8-3-4-9-20/h2,5-7,10-16,20,24H,3-4,8-9,17H2,1H3,(H,28,32)(H,29,33)/t24-/m1/s1. The van der Waals surface area contributed by atoms with Crippen LogP contribution >= 0.6 is 11.3 Å². The van der Waals surface area contributed by atoms with E-state index >= 15 is 0 Å². The molecule has 1 aliphatic carbocycles. The minimum atomic E-state index is -0.893. The maximum atomic E-state index is 13.6. The minimum absolute atomic E-state index is 0.101. The lowest BCUT2D eigenvalue weighted by atomic mass is 10.0. The van der Waals surface area contributed by atoms with E-state index in [1.54, 1.807) is 36.7 Å². The molecule has 2 heterocycles. The zero-order valence-electron chi connectivity index (χ0n) is 19.1. The Kier molecular flexibility index (Phi) is 7.69. The molecule has 2 aromatic heterocycles. The summed E-state index contributed by atoms with van der Waals surface area (Å²) in [5, 5.41) is 7.67. The van der Waals surface area contributed by atoms with Gasteiger partial charge in [-0.15, -0.1) is 11.3 Å². The van der Waals surface area contributed by atoms with Crippen LogP contribution < -0.4 is 15.5 Å².